The van der Waals surface area contributed by atoms with E-state index in [9.17, 15) is 13.2 Å². The van der Waals surface area contributed by atoms with Gasteiger partial charge in [0, 0.05) is 37.9 Å². The van der Waals surface area contributed by atoms with Crippen LogP contribution in [0, 0.1) is 11.3 Å². The number of hydrogen-bond acceptors (Lipinski definition) is 4. The smallest absolute Gasteiger partial charge is 0.243 e. The van der Waals surface area contributed by atoms with Gasteiger partial charge in [-0.1, -0.05) is 25.1 Å². The number of carbonyl (C=O) groups excluding carboxylic acids is 1. The maximum Gasteiger partial charge on any atom is 0.243 e. The van der Waals surface area contributed by atoms with Crippen molar-refractivity contribution in [2.24, 2.45) is 11.3 Å². The van der Waals surface area contributed by atoms with E-state index in [0.29, 0.717) is 24.5 Å². The number of aryl methyl sites for hydroxylation is 1. The van der Waals surface area contributed by atoms with E-state index < -0.39 is 10.0 Å². The molecule has 148 valence electrons. The number of rotatable bonds is 6. The van der Waals surface area contributed by atoms with Gasteiger partial charge in [0.05, 0.1) is 4.90 Å². The first-order chi connectivity index (χ1) is 13.4. The lowest BCUT2D eigenvalue weighted by molar-refractivity contribution is -0.123. The molecule has 7 heteroatoms. The van der Waals surface area contributed by atoms with Crippen LogP contribution in [0.1, 0.15) is 30.9 Å². The fourth-order valence-corrected chi connectivity index (χ4v) is 5.63. The van der Waals surface area contributed by atoms with Gasteiger partial charge in [0.25, 0.3) is 0 Å². The topological polar surface area (TPSA) is 79.4 Å². The molecule has 1 amide bonds. The SMILES string of the molecule is CCc1ccc(S(=O)(=O)N2CC[C@@]3(C[C@H]3C(=O)NCc3cccnc3)C2)cc1. The van der Waals surface area contributed by atoms with Gasteiger partial charge >= 0.3 is 0 Å². The Hall–Kier alpha value is -2.25. The van der Waals surface area contributed by atoms with Gasteiger partial charge in [0.15, 0.2) is 0 Å². The van der Waals surface area contributed by atoms with Crippen LogP contribution in [-0.2, 0) is 27.8 Å². The van der Waals surface area contributed by atoms with E-state index in [1.165, 1.54) is 0 Å². The highest BCUT2D eigenvalue weighted by molar-refractivity contribution is 7.89. The van der Waals surface area contributed by atoms with Crippen molar-refractivity contribution in [3.05, 3.63) is 59.9 Å². The summed E-state index contributed by atoms with van der Waals surface area (Å²) in [7, 11) is -3.51. The quantitative estimate of drug-likeness (QED) is 0.809. The number of sulfonamides is 1. The molecule has 4 rings (SSSR count). The minimum atomic E-state index is -3.51. The highest BCUT2D eigenvalue weighted by Crippen LogP contribution is 2.59. The third kappa shape index (κ3) is 3.56. The van der Waals surface area contributed by atoms with Crippen LogP contribution in [0.4, 0.5) is 0 Å². The van der Waals surface area contributed by atoms with Crippen molar-refractivity contribution in [2.45, 2.75) is 37.6 Å². The molecule has 1 saturated carbocycles. The molecule has 0 unspecified atom stereocenters. The van der Waals surface area contributed by atoms with Crippen LogP contribution in [0.3, 0.4) is 0 Å². The second kappa shape index (κ2) is 7.29. The minimum Gasteiger partial charge on any atom is -0.352 e. The second-order valence-electron chi connectivity index (χ2n) is 7.78. The standard InChI is InChI=1S/C21H25N3O3S/c1-2-16-5-7-18(8-6-16)28(26,27)24-11-9-21(15-24)12-19(21)20(25)23-14-17-4-3-10-22-13-17/h3-8,10,13,19H,2,9,11-12,14-15H2,1H3,(H,23,25)/t19-,21+/m0/s1. The molecule has 2 heterocycles. The number of nitrogens with one attached hydrogen (secondary N) is 1. The summed E-state index contributed by atoms with van der Waals surface area (Å²) in [5.41, 5.74) is 1.87. The van der Waals surface area contributed by atoms with E-state index in [1.54, 1.807) is 28.8 Å². The Kier molecular flexibility index (Phi) is 4.97. The zero-order chi connectivity index (χ0) is 19.8. The average molecular weight is 400 g/mol. The first kappa shape index (κ1) is 19.1. The molecule has 1 aromatic carbocycles. The van der Waals surface area contributed by atoms with Crippen LogP contribution in [0.5, 0.6) is 0 Å². The van der Waals surface area contributed by atoms with Gasteiger partial charge < -0.3 is 5.32 Å². The van der Waals surface area contributed by atoms with Gasteiger partial charge in [-0.05, 0) is 54.0 Å². The summed E-state index contributed by atoms with van der Waals surface area (Å²) in [6.07, 6.45) is 5.81. The molecule has 1 spiro atoms. The van der Waals surface area contributed by atoms with Gasteiger partial charge in [0.2, 0.25) is 15.9 Å². The molecule has 2 aliphatic rings. The summed E-state index contributed by atoms with van der Waals surface area (Å²) in [5, 5.41) is 2.96. The molecular weight excluding hydrogens is 374 g/mol. The summed E-state index contributed by atoms with van der Waals surface area (Å²) in [6.45, 7) is 3.39. The van der Waals surface area contributed by atoms with Crippen molar-refractivity contribution in [1.29, 1.82) is 0 Å². The largest absolute Gasteiger partial charge is 0.352 e. The monoisotopic (exact) mass is 399 g/mol. The second-order valence-corrected chi connectivity index (χ2v) is 9.72. The van der Waals surface area contributed by atoms with Crippen molar-refractivity contribution in [3.63, 3.8) is 0 Å². The highest BCUT2D eigenvalue weighted by Gasteiger charge is 2.62. The Morgan fingerprint density at radius 3 is 2.71 bits per heavy atom. The van der Waals surface area contributed by atoms with Gasteiger partial charge in [-0.2, -0.15) is 4.31 Å². The summed E-state index contributed by atoms with van der Waals surface area (Å²) >= 11 is 0. The number of carbonyl (C=O) groups is 1. The Morgan fingerprint density at radius 2 is 2.04 bits per heavy atom. The van der Waals surface area contributed by atoms with Crippen LogP contribution in [0.2, 0.25) is 0 Å². The lowest BCUT2D eigenvalue weighted by atomic mass is 10.0. The summed E-state index contributed by atoms with van der Waals surface area (Å²) in [4.78, 5) is 16.9. The van der Waals surface area contributed by atoms with Gasteiger partial charge in [-0.3, -0.25) is 9.78 Å². The molecule has 1 aromatic heterocycles. The zero-order valence-electron chi connectivity index (χ0n) is 16.0. The first-order valence-corrected chi connectivity index (χ1v) is 11.1. The maximum atomic E-state index is 13.0. The number of amides is 1. The van der Waals surface area contributed by atoms with Crippen LogP contribution in [0.15, 0.2) is 53.7 Å². The molecule has 2 fully saturated rings. The lowest BCUT2D eigenvalue weighted by Gasteiger charge is -2.17. The number of hydrogen-bond donors (Lipinski definition) is 1. The third-order valence-corrected chi connectivity index (χ3v) is 7.87. The summed E-state index contributed by atoms with van der Waals surface area (Å²) in [6, 6.07) is 10.9. The molecule has 28 heavy (non-hydrogen) atoms. The van der Waals surface area contributed by atoms with Crippen molar-refractivity contribution in [2.75, 3.05) is 13.1 Å². The molecule has 6 nitrogen and oxygen atoms in total. The normalized spacial score (nSPS) is 24.4. The molecule has 1 aliphatic carbocycles. The fraction of sp³-hybridized carbons (Fsp3) is 0.429. The number of benzene rings is 1. The fourth-order valence-electron chi connectivity index (χ4n) is 4.09. The third-order valence-electron chi connectivity index (χ3n) is 6.02. The minimum absolute atomic E-state index is 0.00963. The van der Waals surface area contributed by atoms with Gasteiger partial charge in [-0.15, -0.1) is 0 Å². The number of pyridine rings is 1. The maximum absolute atomic E-state index is 13.0. The van der Waals surface area contributed by atoms with Gasteiger partial charge in [0.1, 0.15) is 0 Å². The van der Waals surface area contributed by atoms with E-state index in [1.807, 2.05) is 31.2 Å². The summed E-state index contributed by atoms with van der Waals surface area (Å²) < 4.78 is 27.5. The van der Waals surface area contributed by atoms with E-state index in [4.69, 9.17) is 0 Å². The number of aromatic nitrogens is 1. The average Bonchev–Trinajstić information content (AvgIpc) is 3.25. The van der Waals surface area contributed by atoms with E-state index in [0.717, 1.165) is 30.4 Å². The van der Waals surface area contributed by atoms with Crippen molar-refractivity contribution >= 4 is 15.9 Å². The summed E-state index contributed by atoms with van der Waals surface area (Å²) in [5.74, 6) is -0.0951. The van der Waals surface area contributed by atoms with Crippen LogP contribution < -0.4 is 5.32 Å². The molecule has 1 aliphatic heterocycles. The Bertz CT molecular complexity index is 960. The predicted molar refractivity (Wildman–Crippen MR) is 106 cm³/mol. The molecular formula is C21H25N3O3S. The van der Waals surface area contributed by atoms with Crippen LogP contribution in [-0.4, -0.2) is 36.7 Å². The van der Waals surface area contributed by atoms with Crippen molar-refractivity contribution < 1.29 is 13.2 Å². The van der Waals surface area contributed by atoms with Crippen molar-refractivity contribution in [3.8, 4) is 0 Å². The van der Waals surface area contributed by atoms with Crippen LogP contribution in [0.25, 0.3) is 0 Å². The predicted octanol–water partition coefficient (Wildman–Crippen LogP) is 2.36. The molecule has 1 N–H and O–H groups in total. The molecule has 2 atom stereocenters. The molecule has 2 aromatic rings. The zero-order valence-corrected chi connectivity index (χ0v) is 16.8. The van der Waals surface area contributed by atoms with Crippen LogP contribution >= 0.6 is 0 Å². The Labute approximate surface area is 166 Å². The lowest BCUT2D eigenvalue weighted by Crippen LogP contribution is -2.31. The molecule has 0 bridgehead atoms. The molecule has 1 saturated heterocycles. The van der Waals surface area contributed by atoms with E-state index in [2.05, 4.69) is 10.3 Å². The van der Waals surface area contributed by atoms with E-state index >= 15 is 0 Å². The molecule has 0 radical (unpaired) electrons. The van der Waals surface area contributed by atoms with E-state index in [-0.39, 0.29) is 17.2 Å². The van der Waals surface area contributed by atoms with Crippen molar-refractivity contribution in [1.82, 2.24) is 14.6 Å². The number of nitrogens with zero attached hydrogens (tertiary/aromatic N) is 2. The Balaban J connectivity index is 1.38. The van der Waals surface area contributed by atoms with Gasteiger partial charge in [-0.25, -0.2) is 8.42 Å². The Morgan fingerprint density at radius 1 is 1.25 bits per heavy atom. The highest BCUT2D eigenvalue weighted by atomic mass is 32.2. The first-order valence-electron chi connectivity index (χ1n) is 9.70.